The second-order valence-electron chi connectivity index (χ2n) is 0. The van der Waals surface area contributed by atoms with Gasteiger partial charge in [-0.25, -0.2) is 0 Å². The quantitative estimate of drug-likeness (QED) is 0.336. The minimum atomic E-state index is 0. The van der Waals surface area contributed by atoms with E-state index in [1.165, 1.54) is 0 Å². The minimum Gasteiger partial charge on any atom is -1.00 e. The van der Waals surface area contributed by atoms with Crippen LogP contribution in [-0.2, 0) is 69.6 Å². The van der Waals surface area contributed by atoms with E-state index in [-0.39, 0.29) is 140 Å². The molecule has 0 nitrogen and oxygen atoms in total. The van der Waals surface area contributed by atoms with Crippen LogP contribution in [0, 0.1) is 0 Å². The van der Waals surface area contributed by atoms with Gasteiger partial charge in [0, 0.05) is 69.6 Å². The molecule has 0 aliphatic rings. The first-order chi connectivity index (χ1) is 0. The van der Waals surface area contributed by atoms with Crippen LogP contribution in [0.5, 0.6) is 0 Å². The summed E-state index contributed by atoms with van der Waals surface area (Å²) in [5.41, 5.74) is 0. The van der Waals surface area contributed by atoms with Gasteiger partial charge < -0.3 is 1.43 Å². The average molecular weight is 468 g/mol. The van der Waals surface area contributed by atoms with Gasteiger partial charge in [0.1, 0.15) is 0 Å². The van der Waals surface area contributed by atoms with Crippen molar-refractivity contribution in [3.63, 3.8) is 0 Å². The Morgan fingerprint density at radius 3 is 1.25 bits per heavy atom. The summed E-state index contributed by atoms with van der Waals surface area (Å²) in [6, 6.07) is 0. The molecule has 0 unspecified atom stereocenters. The SMILES string of the molecule is [Cs+].[H-].[Ni].[Re].[Y]. The maximum Gasteiger partial charge on any atom is 1.00 e. The maximum absolute atomic E-state index is 0. The van der Waals surface area contributed by atoms with Crippen molar-refractivity contribution in [2.45, 2.75) is 0 Å². The molecule has 0 aromatic heterocycles. The molecule has 0 aliphatic carbocycles. The van der Waals surface area contributed by atoms with Crippen molar-refractivity contribution in [2.24, 2.45) is 0 Å². The van der Waals surface area contributed by atoms with Crippen LogP contribution in [0.2, 0.25) is 0 Å². The van der Waals surface area contributed by atoms with E-state index in [1.54, 1.807) is 0 Å². The molecule has 0 aromatic carbocycles. The van der Waals surface area contributed by atoms with Gasteiger partial charge in [0.2, 0.25) is 0 Å². The zero-order chi connectivity index (χ0) is 0. The van der Waals surface area contributed by atoms with Crippen molar-refractivity contribution in [3.05, 3.63) is 0 Å². The summed E-state index contributed by atoms with van der Waals surface area (Å²) in [7, 11) is 0. The molecule has 0 saturated carbocycles. The van der Waals surface area contributed by atoms with Crippen LogP contribution in [0.3, 0.4) is 0 Å². The van der Waals surface area contributed by atoms with Gasteiger partial charge in [-0.1, -0.05) is 0 Å². The fourth-order valence-electron chi connectivity index (χ4n) is 0. The summed E-state index contributed by atoms with van der Waals surface area (Å²) in [5.74, 6) is 0. The summed E-state index contributed by atoms with van der Waals surface area (Å²) in [4.78, 5) is 0. The molecule has 2 radical (unpaired) electrons. The van der Waals surface area contributed by atoms with Crippen LogP contribution in [0.4, 0.5) is 0 Å². The Morgan fingerprint density at radius 2 is 1.25 bits per heavy atom. The molecule has 0 heterocycles. The molecule has 0 fully saturated rings. The van der Waals surface area contributed by atoms with Crippen LogP contribution in [0.1, 0.15) is 1.43 Å². The molecule has 4 heteroatoms. The molecule has 4 heavy (non-hydrogen) atoms. The molecule has 0 aromatic rings. The molecule has 0 rings (SSSR count). The molecular formula is HCsNiReY. The Hall–Kier alpha value is 4.31. The Morgan fingerprint density at radius 1 is 1.25 bits per heavy atom. The topological polar surface area (TPSA) is 0 Å². The van der Waals surface area contributed by atoms with E-state index in [0.29, 0.717) is 0 Å². The van der Waals surface area contributed by atoms with Crippen LogP contribution in [0.25, 0.3) is 0 Å². The first-order valence-electron chi connectivity index (χ1n) is 0. The third-order valence-electron chi connectivity index (χ3n) is 0. The van der Waals surface area contributed by atoms with Crippen LogP contribution in [0.15, 0.2) is 0 Å². The van der Waals surface area contributed by atoms with E-state index in [0.717, 1.165) is 0 Å². The van der Waals surface area contributed by atoms with Crippen LogP contribution >= 0.6 is 0 Å². The molecule has 0 amide bonds. The molecule has 0 bridgehead atoms. The summed E-state index contributed by atoms with van der Waals surface area (Å²) >= 11 is 0. The molecule has 0 atom stereocenters. The Balaban J connectivity index is 0. The minimum absolute atomic E-state index is 0. The van der Waals surface area contributed by atoms with Crippen molar-refractivity contribution in [3.8, 4) is 0 Å². The van der Waals surface area contributed by atoms with Crippen molar-refractivity contribution < 1.29 is 140 Å². The first-order valence-corrected chi connectivity index (χ1v) is 0. The van der Waals surface area contributed by atoms with Gasteiger partial charge in [-0.2, -0.15) is 0 Å². The fourth-order valence-corrected chi connectivity index (χ4v) is 0. The van der Waals surface area contributed by atoms with Gasteiger partial charge in [-0.15, -0.1) is 0 Å². The van der Waals surface area contributed by atoms with E-state index in [9.17, 15) is 0 Å². The smallest absolute Gasteiger partial charge is 1.00 e. The van der Waals surface area contributed by atoms with Gasteiger partial charge in [-0.05, 0) is 0 Å². The van der Waals surface area contributed by atoms with E-state index >= 15 is 0 Å². The number of rotatable bonds is 0. The Bertz CT molecular complexity index is 11.6. The van der Waals surface area contributed by atoms with E-state index in [2.05, 4.69) is 0 Å². The monoisotopic (exact) mass is 468 g/mol. The van der Waals surface area contributed by atoms with E-state index in [4.69, 9.17) is 0 Å². The van der Waals surface area contributed by atoms with E-state index < -0.39 is 0 Å². The van der Waals surface area contributed by atoms with Crippen LogP contribution in [-0.4, -0.2) is 0 Å². The van der Waals surface area contributed by atoms with Crippen LogP contribution < -0.4 is 68.9 Å². The molecule has 22 valence electrons. The summed E-state index contributed by atoms with van der Waals surface area (Å²) in [6.07, 6.45) is 0. The van der Waals surface area contributed by atoms with Crippen molar-refractivity contribution >= 4 is 0 Å². The summed E-state index contributed by atoms with van der Waals surface area (Å²) in [5, 5.41) is 0. The second-order valence-corrected chi connectivity index (χ2v) is 0. The Labute approximate surface area is 135 Å². The molecular weight excluding hydrogens is 467 g/mol. The van der Waals surface area contributed by atoms with Gasteiger partial charge in [0.25, 0.3) is 0 Å². The molecule has 0 spiro atoms. The van der Waals surface area contributed by atoms with Gasteiger partial charge in [0.15, 0.2) is 0 Å². The predicted molar refractivity (Wildman–Crippen MR) is 1.11 cm³/mol. The normalized spacial score (nSPS) is 0. The molecule has 0 aliphatic heterocycles. The number of hydrogen-bond acceptors (Lipinski definition) is 0. The predicted octanol–water partition coefficient (Wildman–Crippen LogP) is -2.89. The Kier molecular flexibility index (Phi) is 93.6. The van der Waals surface area contributed by atoms with Crippen molar-refractivity contribution in [1.82, 2.24) is 0 Å². The second kappa shape index (κ2) is 15.7. The van der Waals surface area contributed by atoms with Crippen molar-refractivity contribution in [1.29, 1.82) is 0 Å². The van der Waals surface area contributed by atoms with Gasteiger partial charge in [-0.3, -0.25) is 0 Å². The maximum atomic E-state index is 0. The third kappa shape index (κ3) is 9.58. The summed E-state index contributed by atoms with van der Waals surface area (Å²) < 4.78 is 0. The fraction of sp³-hybridized carbons (Fsp3) is 0. The zero-order valence-electron chi connectivity index (χ0n) is 3.27. The van der Waals surface area contributed by atoms with Gasteiger partial charge >= 0.3 is 68.9 Å². The molecule has 0 saturated heterocycles. The van der Waals surface area contributed by atoms with E-state index in [1.807, 2.05) is 0 Å². The summed E-state index contributed by atoms with van der Waals surface area (Å²) in [6.45, 7) is 0. The van der Waals surface area contributed by atoms with Crippen molar-refractivity contribution in [2.75, 3.05) is 0 Å². The average Bonchev–Trinajstić information content (AvgIpc) is 0. The van der Waals surface area contributed by atoms with Gasteiger partial charge in [0.05, 0.1) is 0 Å². The standard InChI is InChI=1S/Cs.Ni.Re.Y.H/q+1;;;;-1. The first kappa shape index (κ1) is 23.9. The number of hydrogen-bond donors (Lipinski definition) is 0. The third-order valence-corrected chi connectivity index (χ3v) is 0. The zero-order valence-corrected chi connectivity index (χ0v) is 15.1. The largest absolute Gasteiger partial charge is 1.00 e. The molecule has 0 N–H and O–H groups in total.